The van der Waals surface area contributed by atoms with Crippen molar-refractivity contribution in [2.75, 3.05) is 0 Å². The fourth-order valence-electron chi connectivity index (χ4n) is 3.75. The van der Waals surface area contributed by atoms with Crippen molar-refractivity contribution >= 4 is 17.1 Å². The Morgan fingerprint density at radius 1 is 1.10 bits per heavy atom. The molecule has 3 rings (SSSR count). The minimum Gasteiger partial charge on any atom is -0.352 e. The topological polar surface area (TPSA) is 90.9 Å². The number of aromatic nitrogens is 4. The van der Waals surface area contributed by atoms with E-state index in [2.05, 4.69) is 17.2 Å². The van der Waals surface area contributed by atoms with Gasteiger partial charge in [-0.05, 0) is 25.3 Å². The van der Waals surface area contributed by atoms with Gasteiger partial charge in [0.05, 0.1) is 12.9 Å². The van der Waals surface area contributed by atoms with Crippen LogP contribution in [0.2, 0.25) is 0 Å². The van der Waals surface area contributed by atoms with Gasteiger partial charge in [0, 0.05) is 12.6 Å². The first-order chi connectivity index (χ1) is 15.0. The van der Waals surface area contributed by atoms with E-state index in [1.54, 1.807) is 10.9 Å². The predicted octanol–water partition coefficient (Wildman–Crippen LogP) is 2.51. The molecule has 1 amide bonds. The number of fused-ring (bicyclic) bond motifs is 1. The van der Waals surface area contributed by atoms with Crippen molar-refractivity contribution in [2.45, 2.75) is 72.1 Å². The van der Waals surface area contributed by atoms with E-state index in [0.29, 0.717) is 17.7 Å². The molecule has 0 aliphatic heterocycles. The van der Waals surface area contributed by atoms with Crippen molar-refractivity contribution in [3.8, 4) is 0 Å². The molecule has 0 unspecified atom stereocenters. The zero-order valence-electron chi connectivity index (χ0n) is 18.5. The zero-order valence-corrected chi connectivity index (χ0v) is 18.5. The lowest BCUT2D eigenvalue weighted by molar-refractivity contribution is -0.122. The molecule has 3 aromatic rings. The van der Waals surface area contributed by atoms with E-state index in [9.17, 15) is 14.4 Å². The Kier molecular flexibility index (Phi) is 7.44. The van der Waals surface area contributed by atoms with Crippen molar-refractivity contribution in [1.82, 2.24) is 24.0 Å². The fraction of sp³-hybridized carbons (Fsp3) is 0.478. The Morgan fingerprint density at radius 3 is 2.52 bits per heavy atom. The van der Waals surface area contributed by atoms with Crippen LogP contribution in [-0.4, -0.2) is 30.6 Å². The van der Waals surface area contributed by atoms with Crippen LogP contribution in [-0.2, 0) is 24.4 Å². The Bertz CT molecular complexity index is 1140. The number of imidazole rings is 1. The highest BCUT2D eigenvalue weighted by Crippen LogP contribution is 2.11. The first-order valence-corrected chi connectivity index (χ1v) is 11.0. The van der Waals surface area contributed by atoms with E-state index in [0.717, 1.165) is 35.8 Å². The van der Waals surface area contributed by atoms with Crippen LogP contribution in [0, 0.1) is 0 Å². The molecule has 31 heavy (non-hydrogen) atoms. The molecule has 0 bridgehead atoms. The molecule has 0 aliphatic rings. The van der Waals surface area contributed by atoms with Gasteiger partial charge in [0.1, 0.15) is 6.54 Å². The lowest BCUT2D eigenvalue weighted by atomic mass is 10.2. The average molecular weight is 426 g/mol. The zero-order chi connectivity index (χ0) is 22.4. The molecular weight excluding hydrogens is 394 g/mol. The Morgan fingerprint density at radius 2 is 1.84 bits per heavy atom. The van der Waals surface area contributed by atoms with Crippen LogP contribution in [0.1, 0.15) is 52.0 Å². The fourth-order valence-corrected chi connectivity index (χ4v) is 3.75. The summed E-state index contributed by atoms with van der Waals surface area (Å²) in [5.41, 5.74) is 0.626. The second-order valence-electron chi connectivity index (χ2n) is 7.97. The lowest BCUT2D eigenvalue weighted by Gasteiger charge is -2.15. The number of nitrogens with zero attached hydrogens (tertiary/aromatic N) is 4. The van der Waals surface area contributed by atoms with Gasteiger partial charge in [0.25, 0.3) is 5.56 Å². The van der Waals surface area contributed by atoms with Gasteiger partial charge in [-0.1, -0.05) is 57.0 Å². The van der Waals surface area contributed by atoms with Crippen LogP contribution in [0.5, 0.6) is 0 Å². The first kappa shape index (κ1) is 22.5. The number of unbranched alkanes of at least 4 members (excludes halogenated alkanes) is 1. The summed E-state index contributed by atoms with van der Waals surface area (Å²) in [5, 5.41) is 2.87. The Labute approximate surface area is 181 Å². The number of hydrogen-bond acceptors (Lipinski definition) is 4. The molecule has 0 spiro atoms. The smallest absolute Gasteiger partial charge is 0.333 e. The standard InChI is InChI=1S/C23H31N5O3/c1-4-6-13-26-16-24-21-20(26)22(30)28(15-19(29)25-17(3)10-5-2)23(31)27(21)14-18-11-8-7-9-12-18/h7-9,11-12,16-17H,4-6,10,13-15H2,1-3H3,(H,25,29)/t17-/m1/s1. The van der Waals surface area contributed by atoms with Gasteiger partial charge in [-0.2, -0.15) is 0 Å². The van der Waals surface area contributed by atoms with Crippen LogP contribution in [0.25, 0.3) is 11.2 Å². The van der Waals surface area contributed by atoms with E-state index < -0.39 is 11.2 Å². The summed E-state index contributed by atoms with van der Waals surface area (Å²) in [4.78, 5) is 43.5. The van der Waals surface area contributed by atoms with Crippen LogP contribution in [0.4, 0.5) is 0 Å². The normalized spacial score (nSPS) is 12.2. The first-order valence-electron chi connectivity index (χ1n) is 11.0. The highest BCUT2D eigenvalue weighted by molar-refractivity contribution is 5.77. The molecule has 1 atom stereocenters. The molecule has 8 nitrogen and oxygen atoms in total. The van der Waals surface area contributed by atoms with E-state index in [4.69, 9.17) is 0 Å². The van der Waals surface area contributed by atoms with Gasteiger partial charge in [0.15, 0.2) is 11.2 Å². The second kappa shape index (κ2) is 10.2. The molecule has 2 heterocycles. The summed E-state index contributed by atoms with van der Waals surface area (Å²) in [6.45, 7) is 6.63. The summed E-state index contributed by atoms with van der Waals surface area (Å²) in [6.07, 6.45) is 5.24. The number of aryl methyl sites for hydroxylation is 1. The number of nitrogens with one attached hydrogen (secondary N) is 1. The van der Waals surface area contributed by atoms with Gasteiger partial charge in [0.2, 0.25) is 5.91 Å². The molecule has 0 aliphatic carbocycles. The summed E-state index contributed by atoms with van der Waals surface area (Å²) < 4.78 is 4.30. The summed E-state index contributed by atoms with van der Waals surface area (Å²) in [7, 11) is 0. The second-order valence-corrected chi connectivity index (χ2v) is 7.97. The van der Waals surface area contributed by atoms with Gasteiger partial charge < -0.3 is 9.88 Å². The number of hydrogen-bond donors (Lipinski definition) is 1. The predicted molar refractivity (Wildman–Crippen MR) is 121 cm³/mol. The van der Waals surface area contributed by atoms with E-state index >= 15 is 0 Å². The van der Waals surface area contributed by atoms with Gasteiger partial charge in [-0.15, -0.1) is 0 Å². The monoisotopic (exact) mass is 425 g/mol. The lowest BCUT2D eigenvalue weighted by Crippen LogP contribution is -2.45. The highest BCUT2D eigenvalue weighted by atomic mass is 16.2. The van der Waals surface area contributed by atoms with Crippen molar-refractivity contribution in [3.63, 3.8) is 0 Å². The third kappa shape index (κ3) is 5.13. The quantitative estimate of drug-likeness (QED) is 0.540. The van der Waals surface area contributed by atoms with Gasteiger partial charge in [-0.25, -0.2) is 14.3 Å². The maximum Gasteiger partial charge on any atom is 0.333 e. The SMILES string of the molecule is CCCCn1cnc2c1c(=O)n(CC(=O)N[C@H](C)CCC)c(=O)n2Cc1ccccc1. The highest BCUT2D eigenvalue weighted by Gasteiger charge is 2.20. The van der Waals surface area contributed by atoms with Crippen LogP contribution < -0.4 is 16.6 Å². The Hall–Kier alpha value is -3.16. The summed E-state index contributed by atoms with van der Waals surface area (Å²) >= 11 is 0. The van der Waals surface area contributed by atoms with Crippen LogP contribution in [0.3, 0.4) is 0 Å². The number of carbonyl (C=O) groups excluding carboxylic acids is 1. The number of amides is 1. The van der Waals surface area contributed by atoms with Crippen LogP contribution >= 0.6 is 0 Å². The van der Waals surface area contributed by atoms with Crippen molar-refractivity contribution in [2.24, 2.45) is 0 Å². The molecule has 0 radical (unpaired) electrons. The molecule has 166 valence electrons. The molecular formula is C23H31N5O3. The van der Waals surface area contributed by atoms with Crippen LogP contribution in [0.15, 0.2) is 46.2 Å². The van der Waals surface area contributed by atoms with Gasteiger partial charge in [-0.3, -0.25) is 14.2 Å². The van der Waals surface area contributed by atoms with Crippen molar-refractivity contribution in [3.05, 3.63) is 63.1 Å². The van der Waals surface area contributed by atoms with Crippen molar-refractivity contribution in [1.29, 1.82) is 0 Å². The molecule has 2 aromatic heterocycles. The summed E-state index contributed by atoms with van der Waals surface area (Å²) in [5.74, 6) is -0.342. The third-order valence-corrected chi connectivity index (χ3v) is 5.35. The molecule has 0 fully saturated rings. The largest absolute Gasteiger partial charge is 0.352 e. The maximum atomic E-state index is 13.3. The summed E-state index contributed by atoms with van der Waals surface area (Å²) in [6, 6.07) is 9.52. The Balaban J connectivity index is 2.08. The average Bonchev–Trinajstić information content (AvgIpc) is 3.17. The maximum absolute atomic E-state index is 13.3. The molecule has 1 aromatic carbocycles. The minimum atomic E-state index is -0.527. The number of carbonyl (C=O) groups is 1. The molecule has 0 saturated heterocycles. The number of rotatable bonds is 10. The van der Waals surface area contributed by atoms with E-state index in [-0.39, 0.29) is 25.0 Å². The molecule has 0 saturated carbocycles. The number of benzene rings is 1. The minimum absolute atomic E-state index is 0.0152. The third-order valence-electron chi connectivity index (χ3n) is 5.35. The van der Waals surface area contributed by atoms with E-state index in [1.807, 2.05) is 44.2 Å². The molecule has 1 N–H and O–H groups in total. The molecule has 8 heteroatoms. The van der Waals surface area contributed by atoms with Crippen molar-refractivity contribution < 1.29 is 4.79 Å². The van der Waals surface area contributed by atoms with Gasteiger partial charge >= 0.3 is 5.69 Å². The van der Waals surface area contributed by atoms with E-state index in [1.165, 1.54) is 4.57 Å².